The van der Waals surface area contributed by atoms with E-state index >= 15 is 0 Å². The molecule has 0 aromatic heterocycles. The van der Waals surface area contributed by atoms with Crippen molar-refractivity contribution in [1.82, 2.24) is 0 Å². The van der Waals surface area contributed by atoms with Gasteiger partial charge in [0.1, 0.15) is 6.10 Å². The van der Waals surface area contributed by atoms with Crippen molar-refractivity contribution < 1.29 is 19.4 Å². The molecule has 0 fully saturated rings. The smallest absolute Gasteiger partial charge is 0.333 e. The molecule has 0 aromatic rings. The number of esters is 1. The van der Waals surface area contributed by atoms with E-state index in [9.17, 15) is 9.59 Å². The van der Waals surface area contributed by atoms with Gasteiger partial charge in [0.15, 0.2) is 0 Å². The molecule has 1 unspecified atom stereocenters. The van der Waals surface area contributed by atoms with E-state index in [1.54, 1.807) is 26.0 Å². The van der Waals surface area contributed by atoms with Gasteiger partial charge in [0.25, 0.3) is 0 Å². The molecule has 4 heteroatoms. The molecule has 0 spiro atoms. The summed E-state index contributed by atoms with van der Waals surface area (Å²) in [6, 6.07) is 0. The summed E-state index contributed by atoms with van der Waals surface area (Å²) in [5.74, 6) is -1.29. The van der Waals surface area contributed by atoms with Gasteiger partial charge in [-0.1, -0.05) is 19.1 Å². The van der Waals surface area contributed by atoms with Gasteiger partial charge in [0.05, 0.1) is 0 Å². The molecule has 0 saturated carbocycles. The quantitative estimate of drug-likeness (QED) is 0.572. The Balaban J connectivity index is 4.41. The number of carbonyl (C=O) groups excluding carboxylic acids is 1. The van der Waals surface area contributed by atoms with Gasteiger partial charge in [-0.3, -0.25) is 0 Å². The van der Waals surface area contributed by atoms with Gasteiger partial charge in [-0.15, -0.1) is 0 Å². The average molecular weight is 240 g/mol. The van der Waals surface area contributed by atoms with Crippen LogP contribution in [0.15, 0.2) is 23.3 Å². The van der Waals surface area contributed by atoms with Crippen LogP contribution in [0.5, 0.6) is 0 Å². The molecule has 0 aliphatic carbocycles. The Morgan fingerprint density at radius 1 is 1.29 bits per heavy atom. The number of aliphatic carboxylic acids is 1. The van der Waals surface area contributed by atoms with E-state index in [0.717, 1.165) is 0 Å². The maximum absolute atomic E-state index is 11.5. The summed E-state index contributed by atoms with van der Waals surface area (Å²) in [5, 5.41) is 8.69. The van der Waals surface area contributed by atoms with E-state index < -0.39 is 5.97 Å². The lowest BCUT2D eigenvalue weighted by Crippen LogP contribution is -2.17. The average Bonchev–Trinajstić information content (AvgIpc) is 2.32. The van der Waals surface area contributed by atoms with Crippen molar-refractivity contribution in [2.24, 2.45) is 0 Å². The van der Waals surface area contributed by atoms with Crippen molar-refractivity contribution in [3.05, 3.63) is 23.3 Å². The van der Waals surface area contributed by atoms with Crippen LogP contribution >= 0.6 is 0 Å². The standard InChI is InChI=1S/C13H20O4/c1-5-9(3)13(16)17-11(6-2)8-7-10(4)12(14)15/h5,7,11H,6,8H2,1-4H3,(H,14,15). The van der Waals surface area contributed by atoms with Crippen LogP contribution in [0.3, 0.4) is 0 Å². The van der Waals surface area contributed by atoms with Gasteiger partial charge in [0.2, 0.25) is 0 Å². The molecule has 0 heterocycles. The minimum absolute atomic E-state index is 0.266. The first-order chi connectivity index (χ1) is 7.92. The molecule has 0 aromatic carbocycles. The van der Waals surface area contributed by atoms with E-state index in [1.807, 2.05) is 6.92 Å². The molecule has 1 N–H and O–H groups in total. The van der Waals surface area contributed by atoms with Crippen LogP contribution in [0.2, 0.25) is 0 Å². The van der Waals surface area contributed by atoms with Crippen LogP contribution in [-0.2, 0) is 14.3 Å². The lowest BCUT2D eigenvalue weighted by molar-refractivity contribution is -0.144. The number of ether oxygens (including phenoxy) is 1. The summed E-state index contributed by atoms with van der Waals surface area (Å²) in [7, 11) is 0. The molecule has 96 valence electrons. The summed E-state index contributed by atoms with van der Waals surface area (Å²) >= 11 is 0. The summed E-state index contributed by atoms with van der Waals surface area (Å²) in [6.07, 6.45) is 4.08. The fraction of sp³-hybridized carbons (Fsp3) is 0.538. The molecule has 0 rings (SSSR count). The van der Waals surface area contributed by atoms with Crippen molar-refractivity contribution in [2.45, 2.75) is 46.6 Å². The van der Waals surface area contributed by atoms with Gasteiger partial charge < -0.3 is 9.84 Å². The molecule has 17 heavy (non-hydrogen) atoms. The van der Waals surface area contributed by atoms with Gasteiger partial charge in [-0.25, -0.2) is 9.59 Å². The summed E-state index contributed by atoms with van der Waals surface area (Å²) in [4.78, 5) is 22.1. The highest BCUT2D eigenvalue weighted by molar-refractivity contribution is 5.87. The van der Waals surface area contributed by atoms with E-state index in [-0.39, 0.29) is 17.6 Å². The third-order valence-corrected chi connectivity index (χ3v) is 2.51. The number of rotatable bonds is 6. The largest absolute Gasteiger partial charge is 0.478 e. The SMILES string of the molecule is CC=C(C)C(=O)OC(CC)CC=C(C)C(=O)O. The normalized spacial score (nSPS) is 14.4. The van der Waals surface area contributed by atoms with Gasteiger partial charge in [-0.05, 0) is 27.2 Å². The molecule has 0 aliphatic heterocycles. The van der Waals surface area contributed by atoms with Crippen LogP contribution in [0, 0.1) is 0 Å². The Morgan fingerprint density at radius 2 is 1.88 bits per heavy atom. The number of hydrogen-bond acceptors (Lipinski definition) is 3. The number of allylic oxidation sites excluding steroid dienone is 1. The van der Waals surface area contributed by atoms with E-state index in [0.29, 0.717) is 18.4 Å². The first-order valence-corrected chi connectivity index (χ1v) is 5.66. The molecule has 0 saturated heterocycles. The molecule has 0 amide bonds. The van der Waals surface area contributed by atoms with E-state index in [4.69, 9.17) is 9.84 Å². The highest BCUT2D eigenvalue weighted by Gasteiger charge is 2.13. The Bertz CT molecular complexity index is 339. The van der Waals surface area contributed by atoms with Crippen LogP contribution < -0.4 is 0 Å². The third kappa shape index (κ3) is 5.90. The fourth-order valence-electron chi connectivity index (χ4n) is 1.06. The Kier molecular flexibility index (Phi) is 6.94. The lowest BCUT2D eigenvalue weighted by Gasteiger charge is -2.14. The van der Waals surface area contributed by atoms with Crippen LogP contribution in [-0.4, -0.2) is 23.1 Å². The Hall–Kier alpha value is -1.58. The zero-order valence-corrected chi connectivity index (χ0v) is 10.8. The van der Waals surface area contributed by atoms with E-state index in [1.165, 1.54) is 6.92 Å². The lowest BCUT2D eigenvalue weighted by atomic mass is 10.1. The van der Waals surface area contributed by atoms with Crippen molar-refractivity contribution in [1.29, 1.82) is 0 Å². The second kappa shape index (κ2) is 7.65. The molecular formula is C13H20O4. The predicted octanol–water partition coefficient (Wildman–Crippen LogP) is 2.70. The second-order valence-corrected chi connectivity index (χ2v) is 3.84. The maximum Gasteiger partial charge on any atom is 0.333 e. The van der Waals surface area contributed by atoms with E-state index in [2.05, 4.69) is 0 Å². The zero-order valence-electron chi connectivity index (χ0n) is 10.8. The summed E-state index contributed by atoms with van der Waals surface area (Å²) in [5.41, 5.74) is 0.824. The Labute approximate surface area is 102 Å². The van der Waals surface area contributed by atoms with Gasteiger partial charge in [0, 0.05) is 17.6 Å². The van der Waals surface area contributed by atoms with Crippen LogP contribution in [0.1, 0.15) is 40.5 Å². The third-order valence-electron chi connectivity index (χ3n) is 2.51. The Morgan fingerprint density at radius 3 is 2.29 bits per heavy atom. The monoisotopic (exact) mass is 240 g/mol. The number of carbonyl (C=O) groups is 2. The minimum Gasteiger partial charge on any atom is -0.478 e. The van der Waals surface area contributed by atoms with Crippen LogP contribution in [0.4, 0.5) is 0 Å². The molecule has 1 atom stereocenters. The highest BCUT2D eigenvalue weighted by Crippen LogP contribution is 2.10. The first kappa shape index (κ1) is 15.4. The van der Waals surface area contributed by atoms with Crippen molar-refractivity contribution >= 4 is 11.9 Å². The molecule has 0 radical (unpaired) electrons. The van der Waals surface area contributed by atoms with Crippen molar-refractivity contribution in [2.75, 3.05) is 0 Å². The van der Waals surface area contributed by atoms with Gasteiger partial charge in [-0.2, -0.15) is 0 Å². The number of carboxylic acids is 1. The molecule has 0 aliphatic rings. The van der Waals surface area contributed by atoms with Crippen molar-refractivity contribution in [3.8, 4) is 0 Å². The summed E-state index contributed by atoms with van der Waals surface area (Å²) < 4.78 is 5.24. The molecule has 4 nitrogen and oxygen atoms in total. The highest BCUT2D eigenvalue weighted by atomic mass is 16.5. The number of hydrogen-bond donors (Lipinski definition) is 1. The first-order valence-electron chi connectivity index (χ1n) is 5.66. The fourth-order valence-corrected chi connectivity index (χ4v) is 1.06. The maximum atomic E-state index is 11.5. The topological polar surface area (TPSA) is 63.6 Å². The van der Waals surface area contributed by atoms with Crippen LogP contribution in [0.25, 0.3) is 0 Å². The van der Waals surface area contributed by atoms with Crippen molar-refractivity contribution in [3.63, 3.8) is 0 Å². The summed E-state index contributed by atoms with van der Waals surface area (Å²) in [6.45, 7) is 6.88. The second-order valence-electron chi connectivity index (χ2n) is 3.84. The molecule has 0 bridgehead atoms. The predicted molar refractivity (Wildman–Crippen MR) is 65.6 cm³/mol. The number of carboxylic acid groups (broad SMARTS) is 1. The van der Waals surface area contributed by atoms with Gasteiger partial charge >= 0.3 is 11.9 Å². The minimum atomic E-state index is -0.948. The zero-order chi connectivity index (χ0) is 13.4. The molecular weight excluding hydrogens is 220 g/mol.